The number of aryl methyl sites for hydroxylation is 1. The minimum Gasteiger partial charge on any atom is -1.00 e. The summed E-state index contributed by atoms with van der Waals surface area (Å²) in [5.41, 5.74) is 2.77. The summed E-state index contributed by atoms with van der Waals surface area (Å²) in [4.78, 5) is 0. The maximum absolute atomic E-state index is 2.26. The summed E-state index contributed by atoms with van der Waals surface area (Å²) in [6.45, 7) is 4.45. The highest BCUT2D eigenvalue weighted by atomic mass is 79.9. The van der Waals surface area contributed by atoms with Crippen LogP contribution in [0, 0.1) is 0 Å². The number of hydrogen-bond acceptors (Lipinski definition) is 0. The van der Waals surface area contributed by atoms with Crippen LogP contribution in [0.4, 0.5) is 0 Å². The molecule has 96 valence electrons. The molecule has 1 aromatic carbocycles. The lowest BCUT2D eigenvalue weighted by Crippen LogP contribution is -3.00. The summed E-state index contributed by atoms with van der Waals surface area (Å²) in [5.74, 6) is 0. The fourth-order valence-corrected chi connectivity index (χ4v) is 2.09. The van der Waals surface area contributed by atoms with Gasteiger partial charge in [0, 0.05) is 24.6 Å². The fraction of sp³-hybridized carbons (Fsp3) is 0.312. The minimum atomic E-state index is 0. The lowest BCUT2D eigenvalue weighted by atomic mass is 10.1. The number of halogens is 1. The number of pyridine rings is 1. The Labute approximate surface area is 120 Å². The van der Waals surface area contributed by atoms with Gasteiger partial charge in [0.25, 0.3) is 0 Å². The molecule has 1 nitrogen and oxygen atoms in total. The standard InChI is InChI=1S/C16H20N.BrH/c1-3-7-15-10-12-17(13-11-15)14(2)16-8-5-4-6-9-16;/h4-6,8-14H,3,7H2,1-2H3;1H/q+1;/p-1. The molecule has 1 atom stereocenters. The second-order valence-corrected chi connectivity index (χ2v) is 4.49. The zero-order chi connectivity index (χ0) is 12.1. The summed E-state index contributed by atoms with van der Waals surface area (Å²) in [7, 11) is 0. The van der Waals surface area contributed by atoms with Crippen LogP contribution in [0.15, 0.2) is 54.9 Å². The van der Waals surface area contributed by atoms with E-state index in [0.29, 0.717) is 6.04 Å². The lowest BCUT2D eigenvalue weighted by Gasteiger charge is -2.07. The van der Waals surface area contributed by atoms with Crippen LogP contribution in [0.1, 0.15) is 37.4 Å². The molecule has 18 heavy (non-hydrogen) atoms. The van der Waals surface area contributed by atoms with Crippen molar-refractivity contribution in [3.63, 3.8) is 0 Å². The largest absolute Gasteiger partial charge is 1.00 e. The Morgan fingerprint density at radius 3 is 2.17 bits per heavy atom. The van der Waals surface area contributed by atoms with E-state index >= 15 is 0 Å². The zero-order valence-electron chi connectivity index (χ0n) is 11.0. The Kier molecular flexibility index (Phi) is 6.06. The number of benzene rings is 1. The highest BCUT2D eigenvalue weighted by Gasteiger charge is 2.13. The molecule has 0 bridgehead atoms. The van der Waals surface area contributed by atoms with Gasteiger partial charge in [0.05, 0.1) is 0 Å². The van der Waals surface area contributed by atoms with E-state index in [1.807, 2.05) is 0 Å². The van der Waals surface area contributed by atoms with Gasteiger partial charge in [0.1, 0.15) is 0 Å². The van der Waals surface area contributed by atoms with E-state index in [-0.39, 0.29) is 17.0 Å². The van der Waals surface area contributed by atoms with Gasteiger partial charge in [-0.1, -0.05) is 43.7 Å². The van der Waals surface area contributed by atoms with Crippen molar-refractivity contribution in [3.05, 3.63) is 66.0 Å². The molecular weight excluding hydrogens is 286 g/mol. The Morgan fingerprint density at radius 2 is 1.61 bits per heavy atom. The Balaban J connectivity index is 0.00000162. The predicted molar refractivity (Wildman–Crippen MR) is 70.9 cm³/mol. The van der Waals surface area contributed by atoms with Gasteiger partial charge in [-0.3, -0.25) is 0 Å². The topological polar surface area (TPSA) is 3.88 Å². The van der Waals surface area contributed by atoms with Crippen molar-refractivity contribution in [2.75, 3.05) is 0 Å². The van der Waals surface area contributed by atoms with Gasteiger partial charge in [0.2, 0.25) is 0 Å². The molecule has 0 aliphatic rings. The van der Waals surface area contributed by atoms with E-state index in [9.17, 15) is 0 Å². The smallest absolute Gasteiger partial charge is 0.180 e. The molecule has 2 rings (SSSR count). The predicted octanol–water partition coefficient (Wildman–Crippen LogP) is 0.540. The summed E-state index contributed by atoms with van der Waals surface area (Å²) in [6, 6.07) is 15.5. The molecule has 0 aliphatic carbocycles. The first-order valence-corrected chi connectivity index (χ1v) is 6.36. The maximum Gasteiger partial charge on any atom is 0.180 e. The molecule has 0 radical (unpaired) electrons. The van der Waals surface area contributed by atoms with E-state index in [2.05, 4.69) is 73.3 Å². The number of aromatic nitrogens is 1. The zero-order valence-corrected chi connectivity index (χ0v) is 12.6. The third-order valence-electron chi connectivity index (χ3n) is 3.19. The quantitative estimate of drug-likeness (QED) is 0.726. The van der Waals surface area contributed by atoms with E-state index in [1.54, 1.807) is 0 Å². The third kappa shape index (κ3) is 3.67. The Hall–Kier alpha value is -1.15. The normalized spacial score (nSPS) is 11.7. The molecular formula is C16H20BrN. The summed E-state index contributed by atoms with van der Waals surface area (Å²) >= 11 is 0. The minimum absolute atomic E-state index is 0. The molecule has 1 unspecified atom stereocenters. The summed E-state index contributed by atoms with van der Waals surface area (Å²) in [5, 5.41) is 0. The van der Waals surface area contributed by atoms with Crippen LogP contribution >= 0.6 is 0 Å². The first kappa shape index (κ1) is 14.9. The number of rotatable bonds is 4. The van der Waals surface area contributed by atoms with Crippen molar-refractivity contribution in [2.24, 2.45) is 0 Å². The van der Waals surface area contributed by atoms with Gasteiger partial charge in [-0.25, -0.2) is 0 Å². The van der Waals surface area contributed by atoms with Crippen LogP contribution in [-0.2, 0) is 6.42 Å². The van der Waals surface area contributed by atoms with Crippen molar-refractivity contribution >= 4 is 0 Å². The highest BCUT2D eigenvalue weighted by Crippen LogP contribution is 2.11. The summed E-state index contributed by atoms with van der Waals surface area (Å²) < 4.78 is 2.26. The number of nitrogens with zero attached hydrogens (tertiary/aromatic N) is 1. The van der Waals surface area contributed by atoms with Gasteiger partial charge in [-0.2, -0.15) is 4.57 Å². The lowest BCUT2D eigenvalue weighted by molar-refractivity contribution is -0.710. The summed E-state index contributed by atoms with van der Waals surface area (Å²) in [6.07, 6.45) is 6.74. The molecule has 0 fully saturated rings. The average molecular weight is 306 g/mol. The van der Waals surface area contributed by atoms with E-state index in [4.69, 9.17) is 0 Å². The third-order valence-corrected chi connectivity index (χ3v) is 3.19. The molecule has 1 heterocycles. The van der Waals surface area contributed by atoms with Crippen LogP contribution in [0.3, 0.4) is 0 Å². The maximum atomic E-state index is 2.26. The Bertz CT molecular complexity index is 450. The molecule has 0 amide bonds. The molecule has 1 aromatic heterocycles. The first-order valence-electron chi connectivity index (χ1n) is 6.36. The molecule has 0 saturated carbocycles. The van der Waals surface area contributed by atoms with E-state index < -0.39 is 0 Å². The van der Waals surface area contributed by atoms with E-state index in [1.165, 1.54) is 24.0 Å². The van der Waals surface area contributed by atoms with Crippen molar-refractivity contribution in [1.29, 1.82) is 0 Å². The van der Waals surface area contributed by atoms with Crippen LogP contribution in [0.5, 0.6) is 0 Å². The van der Waals surface area contributed by atoms with Crippen LogP contribution in [0.2, 0.25) is 0 Å². The average Bonchev–Trinajstić information content (AvgIpc) is 2.40. The van der Waals surface area contributed by atoms with Crippen molar-refractivity contribution < 1.29 is 21.5 Å². The molecule has 0 N–H and O–H groups in total. The molecule has 2 aromatic rings. The second kappa shape index (κ2) is 7.32. The van der Waals surface area contributed by atoms with Crippen LogP contribution in [0.25, 0.3) is 0 Å². The second-order valence-electron chi connectivity index (χ2n) is 4.49. The van der Waals surface area contributed by atoms with Gasteiger partial charge in [-0.05, 0) is 12.0 Å². The van der Waals surface area contributed by atoms with Gasteiger partial charge >= 0.3 is 0 Å². The monoisotopic (exact) mass is 305 g/mol. The Morgan fingerprint density at radius 1 is 1.00 bits per heavy atom. The van der Waals surface area contributed by atoms with Gasteiger partial charge in [-0.15, -0.1) is 0 Å². The molecule has 0 aliphatic heterocycles. The van der Waals surface area contributed by atoms with Crippen LogP contribution in [-0.4, -0.2) is 0 Å². The first-order chi connectivity index (χ1) is 8.31. The molecule has 0 spiro atoms. The van der Waals surface area contributed by atoms with Crippen LogP contribution < -0.4 is 21.5 Å². The van der Waals surface area contributed by atoms with E-state index in [0.717, 1.165) is 0 Å². The fourth-order valence-electron chi connectivity index (χ4n) is 2.09. The number of hydrogen-bond donors (Lipinski definition) is 0. The highest BCUT2D eigenvalue weighted by molar-refractivity contribution is 5.16. The molecule has 2 heteroatoms. The van der Waals surface area contributed by atoms with Crippen molar-refractivity contribution in [3.8, 4) is 0 Å². The van der Waals surface area contributed by atoms with Gasteiger partial charge < -0.3 is 17.0 Å². The van der Waals surface area contributed by atoms with Gasteiger partial charge in [0.15, 0.2) is 18.4 Å². The van der Waals surface area contributed by atoms with Crippen molar-refractivity contribution in [1.82, 2.24) is 0 Å². The van der Waals surface area contributed by atoms with Crippen molar-refractivity contribution in [2.45, 2.75) is 32.7 Å². The molecule has 0 saturated heterocycles. The SMILES string of the molecule is CCCc1cc[n+](C(C)c2ccccc2)cc1.[Br-].